The van der Waals surface area contributed by atoms with Gasteiger partial charge in [-0.3, -0.25) is 0 Å². The Labute approximate surface area is 95.2 Å². The quantitative estimate of drug-likeness (QED) is 0.364. The number of ether oxygens (including phenoxy) is 1. The Bertz CT molecular complexity index is 391. The summed E-state index contributed by atoms with van der Waals surface area (Å²) in [5.74, 6) is -0.329. The third kappa shape index (κ3) is 4.46. The molecule has 0 heterocycles. The van der Waals surface area contributed by atoms with Gasteiger partial charge in [-0.1, -0.05) is 30.4 Å². The normalized spacial score (nSPS) is 11.1. The fraction of sp³-hybridized carbons (Fsp3) is 0.154. The lowest BCUT2D eigenvalue weighted by Gasteiger charge is -1.94. The highest BCUT2D eigenvalue weighted by molar-refractivity contribution is 5.82. The monoisotopic (exact) mass is 217 g/mol. The van der Waals surface area contributed by atoms with Crippen LogP contribution in [0, 0.1) is 0 Å². The molecule has 16 heavy (non-hydrogen) atoms. The van der Waals surface area contributed by atoms with Gasteiger partial charge in [-0.2, -0.15) is 0 Å². The summed E-state index contributed by atoms with van der Waals surface area (Å²) in [6.07, 6.45) is 6.70. The van der Waals surface area contributed by atoms with Crippen molar-refractivity contribution in [1.29, 1.82) is 0 Å². The standard InChI is InChI=1S/C13H15NO2/c1-2-16-13(15)6-4-3-5-11-7-9-12(14)10-8-11/h3-10H,2,14H2,1H3/b5-3+,6-4+. The van der Waals surface area contributed by atoms with E-state index in [9.17, 15) is 4.79 Å². The Balaban J connectivity index is 2.48. The molecule has 0 aliphatic carbocycles. The molecule has 1 aromatic rings. The van der Waals surface area contributed by atoms with Crippen molar-refractivity contribution in [3.05, 3.63) is 48.1 Å². The van der Waals surface area contributed by atoms with Crippen LogP contribution < -0.4 is 5.73 Å². The average Bonchev–Trinajstić information content (AvgIpc) is 2.27. The molecule has 0 bridgehead atoms. The SMILES string of the molecule is CCOC(=O)/C=C/C=C/c1ccc(N)cc1. The van der Waals surface area contributed by atoms with Gasteiger partial charge in [0.1, 0.15) is 0 Å². The van der Waals surface area contributed by atoms with E-state index in [1.807, 2.05) is 30.3 Å². The van der Waals surface area contributed by atoms with Crippen LogP contribution in [0.15, 0.2) is 42.5 Å². The maximum absolute atomic E-state index is 10.9. The van der Waals surface area contributed by atoms with E-state index in [4.69, 9.17) is 10.5 Å². The van der Waals surface area contributed by atoms with E-state index in [2.05, 4.69) is 0 Å². The second-order valence-corrected chi connectivity index (χ2v) is 3.14. The highest BCUT2D eigenvalue weighted by atomic mass is 16.5. The average molecular weight is 217 g/mol. The third-order valence-electron chi connectivity index (χ3n) is 1.86. The number of carbonyl (C=O) groups is 1. The fourth-order valence-corrected chi connectivity index (χ4v) is 1.10. The molecule has 84 valence electrons. The summed E-state index contributed by atoms with van der Waals surface area (Å²) in [6.45, 7) is 2.17. The highest BCUT2D eigenvalue weighted by Crippen LogP contribution is 2.06. The van der Waals surface area contributed by atoms with Crippen LogP contribution in [0.3, 0.4) is 0 Å². The molecule has 0 atom stereocenters. The molecule has 1 aromatic carbocycles. The number of nitrogen functional groups attached to an aromatic ring is 1. The van der Waals surface area contributed by atoms with Crippen LogP contribution >= 0.6 is 0 Å². The zero-order valence-electron chi connectivity index (χ0n) is 9.22. The second-order valence-electron chi connectivity index (χ2n) is 3.14. The van der Waals surface area contributed by atoms with Crippen LogP contribution in [-0.4, -0.2) is 12.6 Å². The van der Waals surface area contributed by atoms with E-state index >= 15 is 0 Å². The molecule has 0 amide bonds. The molecule has 1 rings (SSSR count). The Kier molecular flexibility index (Phi) is 4.86. The molecular formula is C13H15NO2. The first-order valence-corrected chi connectivity index (χ1v) is 5.09. The molecule has 3 heteroatoms. The van der Waals surface area contributed by atoms with Crippen LogP contribution in [0.5, 0.6) is 0 Å². The Morgan fingerprint density at radius 3 is 2.62 bits per heavy atom. The smallest absolute Gasteiger partial charge is 0.330 e. The number of allylic oxidation sites excluding steroid dienone is 2. The summed E-state index contributed by atoms with van der Waals surface area (Å²) < 4.78 is 4.73. The number of nitrogens with two attached hydrogens (primary N) is 1. The van der Waals surface area contributed by atoms with Gasteiger partial charge < -0.3 is 10.5 Å². The number of hydrogen-bond acceptors (Lipinski definition) is 3. The molecule has 0 saturated heterocycles. The zero-order chi connectivity index (χ0) is 11.8. The zero-order valence-corrected chi connectivity index (χ0v) is 9.22. The number of benzene rings is 1. The van der Waals surface area contributed by atoms with Gasteiger partial charge in [0.2, 0.25) is 0 Å². The molecule has 3 nitrogen and oxygen atoms in total. The van der Waals surface area contributed by atoms with Gasteiger partial charge in [0, 0.05) is 11.8 Å². The van der Waals surface area contributed by atoms with Gasteiger partial charge in [-0.15, -0.1) is 0 Å². The summed E-state index contributed by atoms with van der Waals surface area (Å²) >= 11 is 0. The lowest BCUT2D eigenvalue weighted by Crippen LogP contribution is -1.98. The minimum atomic E-state index is -0.329. The van der Waals surface area contributed by atoms with E-state index in [1.165, 1.54) is 6.08 Å². The molecule has 0 fully saturated rings. The molecule has 0 radical (unpaired) electrons. The van der Waals surface area contributed by atoms with Crippen molar-refractivity contribution in [3.63, 3.8) is 0 Å². The number of rotatable bonds is 4. The Hall–Kier alpha value is -2.03. The predicted octanol–water partition coefficient (Wildman–Crippen LogP) is 2.40. The lowest BCUT2D eigenvalue weighted by molar-refractivity contribution is -0.137. The largest absolute Gasteiger partial charge is 0.463 e. The minimum Gasteiger partial charge on any atom is -0.463 e. The van der Waals surface area contributed by atoms with Crippen molar-refractivity contribution in [2.75, 3.05) is 12.3 Å². The summed E-state index contributed by atoms with van der Waals surface area (Å²) in [7, 11) is 0. The number of anilines is 1. The number of carbonyl (C=O) groups excluding carboxylic acids is 1. The first-order chi connectivity index (χ1) is 7.72. The van der Waals surface area contributed by atoms with Crippen molar-refractivity contribution in [1.82, 2.24) is 0 Å². The first-order valence-electron chi connectivity index (χ1n) is 5.09. The molecular weight excluding hydrogens is 202 g/mol. The Morgan fingerprint density at radius 2 is 2.00 bits per heavy atom. The second kappa shape index (κ2) is 6.45. The van der Waals surface area contributed by atoms with Gasteiger partial charge in [-0.25, -0.2) is 4.79 Å². The number of esters is 1. The Morgan fingerprint density at radius 1 is 1.31 bits per heavy atom. The predicted molar refractivity (Wildman–Crippen MR) is 65.7 cm³/mol. The molecule has 0 aliphatic rings. The summed E-state index contributed by atoms with van der Waals surface area (Å²) in [6, 6.07) is 7.47. The maximum atomic E-state index is 10.9. The molecule has 0 aliphatic heterocycles. The van der Waals surface area contributed by atoms with Crippen LogP contribution in [0.1, 0.15) is 12.5 Å². The fourth-order valence-electron chi connectivity index (χ4n) is 1.10. The van der Waals surface area contributed by atoms with Gasteiger partial charge >= 0.3 is 5.97 Å². The van der Waals surface area contributed by atoms with Crippen LogP contribution in [-0.2, 0) is 9.53 Å². The summed E-state index contributed by atoms with van der Waals surface area (Å²) in [4.78, 5) is 10.9. The van der Waals surface area contributed by atoms with Crippen LogP contribution in [0.2, 0.25) is 0 Å². The van der Waals surface area contributed by atoms with Crippen molar-refractivity contribution >= 4 is 17.7 Å². The topological polar surface area (TPSA) is 52.3 Å². The van der Waals surface area contributed by atoms with E-state index in [0.717, 1.165) is 11.3 Å². The molecule has 0 spiro atoms. The van der Waals surface area contributed by atoms with Gasteiger partial charge in [0.25, 0.3) is 0 Å². The first kappa shape index (κ1) is 12.0. The maximum Gasteiger partial charge on any atom is 0.330 e. The molecule has 0 aromatic heterocycles. The minimum absolute atomic E-state index is 0.329. The van der Waals surface area contributed by atoms with E-state index in [0.29, 0.717) is 6.61 Å². The van der Waals surface area contributed by atoms with Gasteiger partial charge in [0.15, 0.2) is 0 Å². The molecule has 2 N–H and O–H groups in total. The van der Waals surface area contributed by atoms with Crippen LogP contribution in [0.4, 0.5) is 5.69 Å². The van der Waals surface area contributed by atoms with Gasteiger partial charge in [-0.05, 0) is 24.6 Å². The van der Waals surface area contributed by atoms with Crippen LogP contribution in [0.25, 0.3) is 6.08 Å². The van der Waals surface area contributed by atoms with Crippen molar-refractivity contribution in [2.45, 2.75) is 6.92 Å². The third-order valence-corrected chi connectivity index (χ3v) is 1.86. The summed E-state index contributed by atoms with van der Waals surface area (Å²) in [5, 5.41) is 0. The molecule has 0 unspecified atom stereocenters. The van der Waals surface area contributed by atoms with Crippen molar-refractivity contribution in [2.24, 2.45) is 0 Å². The van der Waals surface area contributed by atoms with Crippen molar-refractivity contribution in [3.8, 4) is 0 Å². The van der Waals surface area contributed by atoms with Gasteiger partial charge in [0.05, 0.1) is 6.61 Å². The van der Waals surface area contributed by atoms with Crippen molar-refractivity contribution < 1.29 is 9.53 Å². The summed E-state index contributed by atoms with van der Waals surface area (Å²) in [5.41, 5.74) is 7.32. The van der Waals surface area contributed by atoms with E-state index in [-0.39, 0.29) is 5.97 Å². The highest BCUT2D eigenvalue weighted by Gasteiger charge is 1.90. The number of hydrogen-bond donors (Lipinski definition) is 1. The lowest BCUT2D eigenvalue weighted by atomic mass is 10.2. The van der Waals surface area contributed by atoms with E-state index < -0.39 is 0 Å². The molecule has 0 saturated carbocycles. The van der Waals surface area contributed by atoms with E-state index in [1.54, 1.807) is 19.1 Å².